The zero-order valence-corrected chi connectivity index (χ0v) is 20.5. The molecule has 2 aromatic rings. The average Bonchev–Trinajstić information content (AvgIpc) is 3.16. The average molecular weight is 485 g/mol. The van der Waals surface area contributed by atoms with Crippen LogP contribution in [0.1, 0.15) is 25.3 Å². The van der Waals surface area contributed by atoms with Crippen LogP contribution in [0.15, 0.2) is 53.2 Å². The molecule has 9 heteroatoms. The summed E-state index contributed by atoms with van der Waals surface area (Å²) in [5.41, 5.74) is 1.67. The van der Waals surface area contributed by atoms with Gasteiger partial charge in [-0.3, -0.25) is 14.5 Å². The van der Waals surface area contributed by atoms with E-state index in [9.17, 15) is 9.59 Å². The van der Waals surface area contributed by atoms with E-state index in [1.165, 1.54) is 11.8 Å². The van der Waals surface area contributed by atoms with Gasteiger partial charge in [-0.2, -0.15) is 0 Å². The number of anilines is 1. The maximum Gasteiger partial charge on any atom is 0.305 e. The molecule has 0 spiro atoms. The lowest BCUT2D eigenvalue weighted by atomic mass is 10.1. The van der Waals surface area contributed by atoms with Gasteiger partial charge in [0.2, 0.25) is 0 Å². The minimum absolute atomic E-state index is 0.230. The van der Waals surface area contributed by atoms with Crippen molar-refractivity contribution in [2.24, 2.45) is 4.99 Å². The number of benzene rings is 2. The highest BCUT2D eigenvalue weighted by Gasteiger charge is 2.32. The molecule has 34 heavy (non-hydrogen) atoms. The van der Waals surface area contributed by atoms with Crippen LogP contribution in [-0.4, -0.2) is 50.7 Å². The molecule has 0 N–H and O–H groups in total. The quantitative estimate of drug-likeness (QED) is 0.278. The van der Waals surface area contributed by atoms with Crippen LogP contribution < -0.4 is 19.1 Å². The molecule has 3 rings (SSSR count). The smallest absolute Gasteiger partial charge is 0.305 e. The Balaban J connectivity index is 1.87. The maximum absolute atomic E-state index is 13.4. The molecular formula is C25H28N2O6S. The second-order valence-electron chi connectivity index (χ2n) is 7.13. The van der Waals surface area contributed by atoms with Gasteiger partial charge in [0.1, 0.15) is 22.9 Å². The largest absolute Gasteiger partial charge is 0.497 e. The fraction of sp³-hybridized carbons (Fsp3) is 0.320. The van der Waals surface area contributed by atoms with Crippen LogP contribution >= 0.6 is 11.8 Å². The summed E-state index contributed by atoms with van der Waals surface area (Å²) in [6, 6.07) is 12.6. The van der Waals surface area contributed by atoms with E-state index >= 15 is 0 Å². The van der Waals surface area contributed by atoms with Crippen molar-refractivity contribution in [3.8, 4) is 17.2 Å². The Bertz CT molecular complexity index is 1080. The molecule has 2 aromatic carbocycles. The van der Waals surface area contributed by atoms with E-state index in [0.717, 1.165) is 0 Å². The van der Waals surface area contributed by atoms with E-state index < -0.39 is 0 Å². The van der Waals surface area contributed by atoms with Crippen molar-refractivity contribution >= 4 is 40.6 Å². The predicted octanol–water partition coefficient (Wildman–Crippen LogP) is 4.53. The summed E-state index contributed by atoms with van der Waals surface area (Å²) >= 11 is 1.42. The Hall–Kier alpha value is -3.46. The number of carbonyl (C=O) groups excluding carboxylic acids is 2. The molecule has 1 aliphatic heterocycles. The fourth-order valence-corrected chi connectivity index (χ4v) is 4.20. The molecule has 0 aliphatic carbocycles. The zero-order valence-electron chi connectivity index (χ0n) is 19.7. The predicted molar refractivity (Wildman–Crippen MR) is 134 cm³/mol. The lowest BCUT2D eigenvalue weighted by Gasteiger charge is -2.18. The first kappa shape index (κ1) is 25.2. The number of rotatable bonds is 10. The molecule has 0 bridgehead atoms. The molecule has 0 saturated carbocycles. The van der Waals surface area contributed by atoms with E-state index in [2.05, 4.69) is 4.99 Å². The van der Waals surface area contributed by atoms with Crippen LogP contribution in [-0.2, 0) is 14.3 Å². The summed E-state index contributed by atoms with van der Waals surface area (Å²) < 4.78 is 20.9. The minimum atomic E-state index is -0.254. The molecule has 0 unspecified atom stereocenters. The van der Waals surface area contributed by atoms with Crippen LogP contribution in [0.5, 0.6) is 17.2 Å². The second kappa shape index (κ2) is 12.1. The number of ether oxygens (including phenoxy) is 4. The van der Waals surface area contributed by atoms with Crippen molar-refractivity contribution in [1.29, 1.82) is 0 Å². The molecule has 1 amide bonds. The second-order valence-corrected chi connectivity index (χ2v) is 8.19. The van der Waals surface area contributed by atoms with Crippen molar-refractivity contribution in [1.82, 2.24) is 0 Å². The van der Waals surface area contributed by atoms with Crippen molar-refractivity contribution in [3.63, 3.8) is 0 Å². The van der Waals surface area contributed by atoms with Gasteiger partial charge in [0, 0.05) is 23.8 Å². The van der Waals surface area contributed by atoms with Gasteiger partial charge < -0.3 is 18.9 Å². The molecule has 0 atom stereocenters. The normalized spacial score (nSPS) is 14.2. The molecule has 0 radical (unpaired) electrons. The number of amides is 1. The van der Waals surface area contributed by atoms with Gasteiger partial charge in [0.25, 0.3) is 5.91 Å². The molecule has 0 aromatic heterocycles. The van der Waals surface area contributed by atoms with E-state index in [0.29, 0.717) is 58.9 Å². The maximum atomic E-state index is 13.4. The van der Waals surface area contributed by atoms with E-state index in [1.54, 1.807) is 63.5 Å². The first-order valence-corrected chi connectivity index (χ1v) is 11.8. The van der Waals surface area contributed by atoms with Crippen LogP contribution in [0.4, 0.5) is 5.69 Å². The van der Waals surface area contributed by atoms with Crippen LogP contribution in [0.3, 0.4) is 0 Å². The number of carbonyl (C=O) groups is 2. The number of hydrogen-bond acceptors (Lipinski definition) is 8. The van der Waals surface area contributed by atoms with Gasteiger partial charge >= 0.3 is 5.97 Å². The lowest BCUT2D eigenvalue weighted by Crippen LogP contribution is -2.30. The van der Waals surface area contributed by atoms with Gasteiger partial charge in [-0.25, -0.2) is 4.99 Å². The van der Waals surface area contributed by atoms with Gasteiger partial charge in [-0.1, -0.05) is 11.8 Å². The first-order chi connectivity index (χ1) is 16.5. The van der Waals surface area contributed by atoms with Crippen molar-refractivity contribution < 1.29 is 28.5 Å². The fourth-order valence-electron chi connectivity index (χ4n) is 3.25. The Kier molecular flexibility index (Phi) is 8.98. The standard InChI is InChI=1S/C25H28N2O6S/c1-5-33-23(28)7-6-14-34-25-26-21(15-17-8-11-20(31-3)16-22(17)32-4)24(29)27(25)18-9-12-19(30-2)13-10-18/h8-13,15-16H,5-7,14H2,1-4H3/b21-15-. The first-order valence-electron chi connectivity index (χ1n) is 10.8. The highest BCUT2D eigenvalue weighted by atomic mass is 32.2. The van der Waals surface area contributed by atoms with Crippen LogP contribution in [0.25, 0.3) is 6.08 Å². The van der Waals surface area contributed by atoms with Gasteiger partial charge in [0.05, 0.1) is 33.6 Å². The van der Waals surface area contributed by atoms with E-state index in [1.807, 2.05) is 18.2 Å². The molecule has 0 saturated heterocycles. The Labute approximate surface area is 203 Å². The number of nitrogens with zero attached hydrogens (tertiary/aromatic N) is 2. The zero-order chi connectivity index (χ0) is 24.5. The van der Waals surface area contributed by atoms with Gasteiger partial charge in [0.15, 0.2) is 5.17 Å². The van der Waals surface area contributed by atoms with Crippen molar-refractivity contribution in [3.05, 3.63) is 53.7 Å². The van der Waals surface area contributed by atoms with Crippen LogP contribution in [0.2, 0.25) is 0 Å². The summed E-state index contributed by atoms with van der Waals surface area (Å²) in [4.78, 5) is 31.2. The number of amidine groups is 1. The third kappa shape index (κ3) is 6.11. The monoisotopic (exact) mass is 484 g/mol. The van der Waals surface area contributed by atoms with Gasteiger partial charge in [-0.05, 0) is 55.8 Å². The Morgan fingerprint density at radius 2 is 1.74 bits per heavy atom. The minimum Gasteiger partial charge on any atom is -0.497 e. The van der Waals surface area contributed by atoms with Gasteiger partial charge in [-0.15, -0.1) is 0 Å². The number of hydrogen-bond donors (Lipinski definition) is 0. The van der Waals surface area contributed by atoms with Crippen molar-refractivity contribution in [2.75, 3.05) is 38.6 Å². The number of methoxy groups -OCH3 is 3. The number of esters is 1. The van der Waals surface area contributed by atoms with E-state index in [-0.39, 0.29) is 17.6 Å². The Morgan fingerprint density at radius 1 is 1.03 bits per heavy atom. The molecule has 0 fully saturated rings. The summed E-state index contributed by atoms with van der Waals surface area (Å²) in [5, 5.41) is 0.540. The highest BCUT2D eigenvalue weighted by molar-refractivity contribution is 8.14. The summed E-state index contributed by atoms with van der Waals surface area (Å²) in [6.07, 6.45) is 2.62. The molecule has 180 valence electrons. The number of aliphatic imine (C=N–C) groups is 1. The molecular weight excluding hydrogens is 456 g/mol. The third-order valence-corrected chi connectivity index (χ3v) is 5.98. The molecule has 8 nitrogen and oxygen atoms in total. The summed E-state index contributed by atoms with van der Waals surface area (Å²) in [6.45, 7) is 2.14. The topological polar surface area (TPSA) is 86.7 Å². The lowest BCUT2D eigenvalue weighted by molar-refractivity contribution is -0.143. The SMILES string of the molecule is CCOC(=O)CCCSC1=N/C(=C\c2ccc(OC)cc2OC)C(=O)N1c1ccc(OC)cc1. The molecule has 1 aliphatic rings. The third-order valence-electron chi connectivity index (χ3n) is 4.95. The highest BCUT2D eigenvalue weighted by Crippen LogP contribution is 2.33. The summed E-state index contributed by atoms with van der Waals surface area (Å²) in [5.74, 6) is 2.04. The van der Waals surface area contributed by atoms with Crippen molar-refractivity contribution in [2.45, 2.75) is 19.8 Å². The number of thioether (sulfide) groups is 1. The summed E-state index contributed by atoms with van der Waals surface area (Å²) in [7, 11) is 4.73. The molecule has 1 heterocycles. The Morgan fingerprint density at radius 3 is 2.38 bits per heavy atom. The van der Waals surface area contributed by atoms with E-state index in [4.69, 9.17) is 18.9 Å². The van der Waals surface area contributed by atoms with Crippen LogP contribution in [0, 0.1) is 0 Å².